The molecule has 3 nitrogen and oxygen atoms in total. The molecule has 0 aromatic heterocycles. The van der Waals surface area contributed by atoms with Crippen molar-refractivity contribution in [2.24, 2.45) is 0 Å². The Morgan fingerprint density at radius 2 is 2.17 bits per heavy atom. The molecule has 0 amide bonds. The molecule has 2 aliphatic heterocycles. The topological polar surface area (TPSA) is 21.5 Å². The summed E-state index contributed by atoms with van der Waals surface area (Å²) >= 11 is 0. The summed E-state index contributed by atoms with van der Waals surface area (Å²) in [6.45, 7) is 5.78. The third kappa shape index (κ3) is 1.30. The molecular weight excluding hydrogens is 154 g/mol. The van der Waals surface area contributed by atoms with E-state index in [0.717, 1.165) is 31.2 Å². The second-order valence-electron chi connectivity index (χ2n) is 2.72. The molecule has 12 heavy (non-hydrogen) atoms. The van der Waals surface area contributed by atoms with Crippen molar-refractivity contribution in [2.45, 2.75) is 6.42 Å². The maximum Gasteiger partial charge on any atom is 0.234 e. The Labute approximate surface area is 71.6 Å². The largest absolute Gasteiger partial charge is 0.460 e. The summed E-state index contributed by atoms with van der Waals surface area (Å²) in [6, 6.07) is 0. The fraction of sp³-hybridized carbons (Fsp3) is 0.333. The summed E-state index contributed by atoms with van der Waals surface area (Å²) in [7, 11) is 0. The predicted molar refractivity (Wildman–Crippen MR) is 44.7 cm³/mol. The van der Waals surface area contributed by atoms with Crippen molar-refractivity contribution >= 4 is 0 Å². The van der Waals surface area contributed by atoms with Gasteiger partial charge in [-0.25, -0.2) is 0 Å². The minimum Gasteiger partial charge on any atom is -0.460 e. The molecule has 0 aromatic carbocycles. The molecule has 0 aromatic rings. The summed E-state index contributed by atoms with van der Waals surface area (Å²) in [5.74, 6) is 1.70. The maximum absolute atomic E-state index is 5.32. The molecule has 1 saturated heterocycles. The molecule has 0 radical (unpaired) electrons. The van der Waals surface area contributed by atoms with Crippen molar-refractivity contribution < 1.29 is 9.47 Å². The molecular formula is C9H11NO2. The van der Waals surface area contributed by atoms with E-state index in [1.165, 1.54) is 0 Å². The van der Waals surface area contributed by atoms with Crippen LogP contribution in [-0.2, 0) is 9.47 Å². The van der Waals surface area contributed by atoms with Gasteiger partial charge in [0.1, 0.15) is 12.5 Å². The first-order valence-electron chi connectivity index (χ1n) is 3.99. The van der Waals surface area contributed by atoms with E-state index in [4.69, 9.17) is 9.47 Å². The average Bonchev–Trinajstić information content (AvgIpc) is 2.89. The van der Waals surface area contributed by atoms with Crippen LogP contribution in [0.5, 0.6) is 0 Å². The monoisotopic (exact) mass is 165 g/mol. The third-order valence-corrected chi connectivity index (χ3v) is 1.75. The van der Waals surface area contributed by atoms with Crippen LogP contribution in [0.25, 0.3) is 0 Å². The van der Waals surface area contributed by atoms with Gasteiger partial charge in [-0.2, -0.15) is 0 Å². The van der Waals surface area contributed by atoms with Crippen LogP contribution < -0.4 is 0 Å². The van der Waals surface area contributed by atoms with E-state index in [1.54, 1.807) is 18.6 Å². The number of hydrogen-bond acceptors (Lipinski definition) is 3. The number of nitrogens with zero attached hydrogens (tertiary/aromatic N) is 1. The lowest BCUT2D eigenvalue weighted by Crippen LogP contribution is -2.07. The summed E-state index contributed by atoms with van der Waals surface area (Å²) < 4.78 is 10.6. The SMILES string of the molecule is C=CCC1=C(N2CC2)OC=CO1. The Bertz CT molecular complexity index is 247. The van der Waals surface area contributed by atoms with Crippen LogP contribution in [0.2, 0.25) is 0 Å². The van der Waals surface area contributed by atoms with Gasteiger partial charge in [-0.3, -0.25) is 0 Å². The first kappa shape index (κ1) is 7.28. The van der Waals surface area contributed by atoms with Gasteiger partial charge in [0.2, 0.25) is 5.88 Å². The van der Waals surface area contributed by atoms with Crippen molar-refractivity contribution in [3.63, 3.8) is 0 Å². The molecule has 3 heteroatoms. The minimum absolute atomic E-state index is 0.718. The van der Waals surface area contributed by atoms with Crippen LogP contribution in [0, 0.1) is 0 Å². The van der Waals surface area contributed by atoms with Crippen LogP contribution in [0.15, 0.2) is 36.8 Å². The van der Waals surface area contributed by atoms with E-state index < -0.39 is 0 Å². The quantitative estimate of drug-likeness (QED) is 0.468. The molecule has 0 aliphatic carbocycles. The van der Waals surface area contributed by atoms with Gasteiger partial charge in [-0.05, 0) is 0 Å². The summed E-state index contributed by atoms with van der Waals surface area (Å²) in [4.78, 5) is 2.11. The van der Waals surface area contributed by atoms with Gasteiger partial charge >= 0.3 is 0 Å². The van der Waals surface area contributed by atoms with Crippen LogP contribution in [0.4, 0.5) is 0 Å². The molecule has 0 bridgehead atoms. The Morgan fingerprint density at radius 3 is 2.83 bits per heavy atom. The Kier molecular flexibility index (Phi) is 1.78. The van der Waals surface area contributed by atoms with Crippen molar-refractivity contribution in [2.75, 3.05) is 13.1 Å². The zero-order valence-electron chi connectivity index (χ0n) is 6.82. The highest BCUT2D eigenvalue weighted by atomic mass is 16.6. The zero-order chi connectivity index (χ0) is 8.39. The lowest BCUT2D eigenvalue weighted by molar-refractivity contribution is 0.179. The molecule has 0 saturated carbocycles. The summed E-state index contributed by atoms with van der Waals surface area (Å²) in [5.41, 5.74) is 0. The normalized spacial score (nSPS) is 20.2. The Balaban J connectivity index is 2.13. The fourth-order valence-electron chi connectivity index (χ4n) is 1.09. The molecule has 2 heterocycles. The highest BCUT2D eigenvalue weighted by Crippen LogP contribution is 2.25. The highest BCUT2D eigenvalue weighted by molar-refractivity contribution is 5.12. The Hall–Kier alpha value is -1.38. The Morgan fingerprint density at radius 1 is 1.42 bits per heavy atom. The van der Waals surface area contributed by atoms with E-state index >= 15 is 0 Å². The summed E-state index contributed by atoms with van der Waals surface area (Å²) in [5, 5.41) is 0. The van der Waals surface area contributed by atoms with Crippen LogP contribution in [0.3, 0.4) is 0 Å². The second kappa shape index (κ2) is 2.93. The summed E-state index contributed by atoms with van der Waals surface area (Å²) in [6.07, 6.45) is 5.63. The smallest absolute Gasteiger partial charge is 0.234 e. The van der Waals surface area contributed by atoms with E-state index in [1.807, 2.05) is 0 Å². The average molecular weight is 165 g/mol. The molecule has 0 atom stereocenters. The van der Waals surface area contributed by atoms with Gasteiger partial charge < -0.3 is 14.4 Å². The molecule has 0 N–H and O–H groups in total. The minimum atomic E-state index is 0.718. The maximum atomic E-state index is 5.32. The second-order valence-corrected chi connectivity index (χ2v) is 2.72. The standard InChI is InChI=1S/C9H11NO2/c1-2-3-8-9(10-4-5-10)12-7-6-11-8/h2,6-7H,1,3-5H2. The van der Waals surface area contributed by atoms with Crippen LogP contribution >= 0.6 is 0 Å². The first-order valence-corrected chi connectivity index (χ1v) is 3.99. The fourth-order valence-corrected chi connectivity index (χ4v) is 1.09. The molecule has 0 unspecified atom stereocenters. The molecule has 0 spiro atoms. The molecule has 2 aliphatic rings. The van der Waals surface area contributed by atoms with Gasteiger partial charge in [-0.15, -0.1) is 6.58 Å². The van der Waals surface area contributed by atoms with Gasteiger partial charge in [-0.1, -0.05) is 6.08 Å². The lowest BCUT2D eigenvalue weighted by atomic mass is 10.3. The number of rotatable bonds is 3. The first-order chi connectivity index (χ1) is 5.92. The molecule has 2 rings (SSSR count). The number of allylic oxidation sites excluding steroid dienone is 1. The number of ether oxygens (including phenoxy) is 2. The van der Waals surface area contributed by atoms with Gasteiger partial charge in [0, 0.05) is 19.5 Å². The van der Waals surface area contributed by atoms with Crippen LogP contribution in [-0.4, -0.2) is 18.0 Å². The highest BCUT2D eigenvalue weighted by Gasteiger charge is 2.27. The zero-order valence-corrected chi connectivity index (χ0v) is 6.82. The molecule has 64 valence electrons. The van der Waals surface area contributed by atoms with Crippen molar-refractivity contribution in [3.8, 4) is 0 Å². The predicted octanol–water partition coefficient (Wildman–Crippen LogP) is 1.57. The van der Waals surface area contributed by atoms with E-state index in [2.05, 4.69) is 11.5 Å². The van der Waals surface area contributed by atoms with Crippen molar-refractivity contribution in [3.05, 3.63) is 36.8 Å². The van der Waals surface area contributed by atoms with Gasteiger partial charge in [0.25, 0.3) is 0 Å². The molecule has 1 fully saturated rings. The van der Waals surface area contributed by atoms with Gasteiger partial charge in [0.15, 0.2) is 5.76 Å². The van der Waals surface area contributed by atoms with Crippen molar-refractivity contribution in [1.29, 1.82) is 0 Å². The van der Waals surface area contributed by atoms with Gasteiger partial charge in [0.05, 0.1) is 0 Å². The van der Waals surface area contributed by atoms with E-state index in [-0.39, 0.29) is 0 Å². The van der Waals surface area contributed by atoms with Crippen LogP contribution in [0.1, 0.15) is 6.42 Å². The third-order valence-electron chi connectivity index (χ3n) is 1.75. The number of hydrogen-bond donors (Lipinski definition) is 0. The van der Waals surface area contributed by atoms with E-state index in [9.17, 15) is 0 Å². The van der Waals surface area contributed by atoms with E-state index in [0.29, 0.717) is 0 Å². The van der Waals surface area contributed by atoms with Crippen molar-refractivity contribution in [1.82, 2.24) is 4.90 Å². The lowest BCUT2D eigenvalue weighted by Gasteiger charge is -2.16.